The third-order valence-electron chi connectivity index (χ3n) is 5.45. The predicted octanol–water partition coefficient (Wildman–Crippen LogP) is 3.70. The predicted molar refractivity (Wildman–Crippen MR) is 117 cm³/mol. The lowest BCUT2D eigenvalue weighted by atomic mass is 9.91. The van der Waals surface area contributed by atoms with E-state index in [0.717, 1.165) is 0 Å². The van der Waals surface area contributed by atoms with E-state index < -0.39 is 26.6 Å². The maximum Gasteiger partial charge on any atom is 0.265 e. The summed E-state index contributed by atoms with van der Waals surface area (Å²) in [6, 6.07) is 12.4. The van der Waals surface area contributed by atoms with Gasteiger partial charge in [-0.3, -0.25) is 10.0 Å². The number of rotatable bonds is 8. The Morgan fingerprint density at radius 1 is 1.16 bits per heavy atom. The summed E-state index contributed by atoms with van der Waals surface area (Å²) in [4.78, 5) is 23.9. The topological polar surface area (TPSA) is 119 Å². The molecule has 3 rings (SSSR count). The summed E-state index contributed by atoms with van der Waals surface area (Å²) >= 11 is 5.86. The number of sulfone groups is 1. The quantitative estimate of drug-likeness (QED) is 0.435. The van der Waals surface area contributed by atoms with Gasteiger partial charge in [0, 0.05) is 24.5 Å². The minimum atomic E-state index is -4.21. The molecule has 1 aliphatic rings. The lowest BCUT2D eigenvalue weighted by Gasteiger charge is -2.38. The van der Waals surface area contributed by atoms with Crippen molar-refractivity contribution in [2.75, 3.05) is 6.61 Å². The molecule has 2 N–H and O–H groups in total. The number of ketones is 1. The van der Waals surface area contributed by atoms with Gasteiger partial charge in [0.1, 0.15) is 17.3 Å². The van der Waals surface area contributed by atoms with Crippen molar-refractivity contribution >= 4 is 33.1 Å². The van der Waals surface area contributed by atoms with E-state index in [-0.39, 0.29) is 36.5 Å². The number of Topliss-reactive ketones (excluding diaryl/α,β-unsaturated/α-hetero) is 1. The molecule has 1 aliphatic heterocycles. The van der Waals surface area contributed by atoms with Crippen LogP contribution in [0, 0.1) is 0 Å². The van der Waals surface area contributed by atoms with Gasteiger partial charge in [0.15, 0.2) is 14.6 Å². The highest BCUT2D eigenvalue weighted by molar-refractivity contribution is 7.93. The molecule has 1 heterocycles. The number of amides is 1. The molecule has 0 radical (unpaired) electrons. The molecular weight excluding hydrogens is 458 g/mol. The van der Waals surface area contributed by atoms with Crippen LogP contribution < -0.4 is 10.2 Å². The highest BCUT2D eigenvalue weighted by Crippen LogP contribution is 2.39. The normalized spacial score (nSPS) is 21.0. The molecule has 2 unspecified atom stereocenters. The second kappa shape index (κ2) is 9.99. The van der Waals surface area contributed by atoms with Crippen LogP contribution in [-0.2, 0) is 24.2 Å². The van der Waals surface area contributed by atoms with Crippen LogP contribution in [0.1, 0.15) is 32.6 Å². The van der Waals surface area contributed by atoms with Gasteiger partial charge in [0.05, 0.1) is 11.0 Å². The number of carbonyl (C=O) groups is 2. The smallest absolute Gasteiger partial charge is 0.265 e. The molecule has 0 saturated carbocycles. The molecule has 8 nitrogen and oxygen atoms in total. The van der Waals surface area contributed by atoms with E-state index >= 15 is 0 Å². The Bertz CT molecular complexity index is 1070. The number of hydrogen-bond acceptors (Lipinski definition) is 7. The third kappa shape index (κ3) is 5.12. The van der Waals surface area contributed by atoms with Crippen molar-refractivity contribution in [3.05, 3.63) is 53.6 Å². The fraction of sp³-hybridized carbons (Fsp3) is 0.364. The number of hydroxylamine groups is 1. The molecule has 0 bridgehead atoms. The average molecular weight is 482 g/mol. The Balaban J connectivity index is 1.87. The standard InChI is InChI=1S/C22H24ClNO7S/c1-15(25)2-5-19-14-22(12-13-30-19,21(26)24-27)32(28,29)20-10-8-18(9-11-20)31-17-6-3-16(23)4-7-17/h3-4,6-11,19,27H,2,5,12-14H2,1H3,(H,24,26). The SMILES string of the molecule is CC(=O)CCC1CC(C(=O)NO)(S(=O)(=O)c2ccc(Oc3ccc(Cl)cc3)cc2)CCO1. The van der Waals surface area contributed by atoms with E-state index in [0.29, 0.717) is 22.9 Å². The summed E-state index contributed by atoms with van der Waals surface area (Å²) in [6.07, 6.45) is -0.399. The van der Waals surface area contributed by atoms with Crippen molar-refractivity contribution in [1.82, 2.24) is 5.48 Å². The van der Waals surface area contributed by atoms with Crippen LogP contribution in [0.4, 0.5) is 0 Å². The Kier molecular flexibility index (Phi) is 7.55. The molecule has 0 aliphatic carbocycles. The molecule has 1 fully saturated rings. The van der Waals surface area contributed by atoms with Gasteiger partial charge < -0.3 is 14.3 Å². The van der Waals surface area contributed by atoms with Crippen LogP contribution in [0.2, 0.25) is 5.02 Å². The van der Waals surface area contributed by atoms with E-state index in [1.807, 2.05) is 0 Å². The van der Waals surface area contributed by atoms with Crippen LogP contribution in [0.15, 0.2) is 53.4 Å². The van der Waals surface area contributed by atoms with Crippen molar-refractivity contribution in [2.45, 2.75) is 48.4 Å². The number of halogens is 1. The van der Waals surface area contributed by atoms with Gasteiger partial charge in [0.25, 0.3) is 5.91 Å². The van der Waals surface area contributed by atoms with Crippen molar-refractivity contribution in [2.24, 2.45) is 0 Å². The van der Waals surface area contributed by atoms with E-state index in [1.165, 1.54) is 36.7 Å². The number of nitrogens with one attached hydrogen (secondary N) is 1. The molecule has 1 amide bonds. The van der Waals surface area contributed by atoms with Gasteiger partial charge in [-0.2, -0.15) is 0 Å². The van der Waals surface area contributed by atoms with Crippen LogP contribution in [0.3, 0.4) is 0 Å². The van der Waals surface area contributed by atoms with Crippen molar-refractivity contribution in [3.8, 4) is 11.5 Å². The second-order valence-electron chi connectivity index (χ2n) is 7.65. The fourth-order valence-corrected chi connectivity index (χ4v) is 5.81. The summed E-state index contributed by atoms with van der Waals surface area (Å²) in [7, 11) is -4.21. The second-order valence-corrected chi connectivity index (χ2v) is 10.3. The van der Waals surface area contributed by atoms with Gasteiger partial charge >= 0.3 is 0 Å². The average Bonchev–Trinajstić information content (AvgIpc) is 2.79. The molecule has 2 aromatic carbocycles. The minimum absolute atomic E-state index is 0.00693. The molecular formula is C22H24ClNO7S. The van der Waals surface area contributed by atoms with Crippen molar-refractivity contribution in [1.29, 1.82) is 0 Å². The van der Waals surface area contributed by atoms with Gasteiger partial charge in [-0.25, -0.2) is 13.9 Å². The zero-order chi connectivity index (χ0) is 23.4. The summed E-state index contributed by atoms with van der Waals surface area (Å²) < 4.78 is 36.5. The van der Waals surface area contributed by atoms with Gasteiger partial charge in [-0.15, -0.1) is 0 Å². The molecule has 0 spiro atoms. The van der Waals surface area contributed by atoms with Gasteiger partial charge in [-0.05, 0) is 68.3 Å². The summed E-state index contributed by atoms with van der Waals surface area (Å²) in [5, 5.41) is 9.87. The molecule has 32 heavy (non-hydrogen) atoms. The maximum absolute atomic E-state index is 13.6. The molecule has 10 heteroatoms. The van der Waals surface area contributed by atoms with Crippen LogP contribution in [0.5, 0.6) is 11.5 Å². The monoisotopic (exact) mass is 481 g/mol. The highest BCUT2D eigenvalue weighted by atomic mass is 35.5. The molecule has 2 atom stereocenters. The third-order valence-corrected chi connectivity index (χ3v) is 8.18. The maximum atomic E-state index is 13.6. The molecule has 1 saturated heterocycles. The number of ether oxygens (including phenoxy) is 2. The first-order valence-corrected chi connectivity index (χ1v) is 11.9. The number of benzene rings is 2. The molecule has 0 aromatic heterocycles. The Morgan fingerprint density at radius 3 is 2.31 bits per heavy atom. The summed E-state index contributed by atoms with van der Waals surface area (Å²) in [5.41, 5.74) is 1.51. The first-order chi connectivity index (χ1) is 15.2. The van der Waals surface area contributed by atoms with Crippen molar-refractivity contribution in [3.63, 3.8) is 0 Å². The van der Waals surface area contributed by atoms with Crippen LogP contribution in [-0.4, -0.2) is 42.8 Å². The van der Waals surface area contributed by atoms with Gasteiger partial charge in [0.2, 0.25) is 0 Å². The molecule has 172 valence electrons. The van der Waals surface area contributed by atoms with Crippen LogP contribution >= 0.6 is 11.6 Å². The summed E-state index contributed by atoms with van der Waals surface area (Å²) in [6.45, 7) is 1.44. The Hall–Kier alpha value is -2.46. The zero-order valence-corrected chi connectivity index (χ0v) is 19.0. The first kappa shape index (κ1) is 24.2. The highest BCUT2D eigenvalue weighted by Gasteiger charge is 2.54. The minimum Gasteiger partial charge on any atom is -0.457 e. The number of carbonyl (C=O) groups excluding carboxylic acids is 2. The lowest BCUT2D eigenvalue weighted by molar-refractivity contribution is -0.136. The van der Waals surface area contributed by atoms with E-state index in [1.54, 1.807) is 24.3 Å². The Labute approximate surface area is 191 Å². The van der Waals surface area contributed by atoms with E-state index in [9.17, 15) is 23.2 Å². The van der Waals surface area contributed by atoms with E-state index in [2.05, 4.69) is 0 Å². The number of hydrogen-bond donors (Lipinski definition) is 2. The lowest BCUT2D eigenvalue weighted by Crippen LogP contribution is -2.56. The largest absolute Gasteiger partial charge is 0.457 e. The summed E-state index contributed by atoms with van der Waals surface area (Å²) in [5.74, 6) is -0.150. The zero-order valence-electron chi connectivity index (χ0n) is 17.4. The molecule has 2 aromatic rings. The Morgan fingerprint density at radius 2 is 1.75 bits per heavy atom. The fourth-order valence-electron chi connectivity index (χ4n) is 3.69. The van der Waals surface area contributed by atoms with Gasteiger partial charge in [-0.1, -0.05) is 11.6 Å². The van der Waals surface area contributed by atoms with Crippen LogP contribution in [0.25, 0.3) is 0 Å². The van der Waals surface area contributed by atoms with E-state index in [4.69, 9.17) is 21.1 Å². The van der Waals surface area contributed by atoms with Crippen molar-refractivity contribution < 1.29 is 32.7 Å². The first-order valence-electron chi connectivity index (χ1n) is 10.0.